The number of carbonyl (C=O) groups excluding carboxylic acids is 1. The lowest BCUT2D eigenvalue weighted by Gasteiger charge is -2.14. The number of amides is 1. The number of benzene rings is 2. The normalized spacial score (nSPS) is 11.6. The van der Waals surface area contributed by atoms with E-state index in [-0.39, 0.29) is 18.1 Å². The second-order valence-corrected chi connectivity index (χ2v) is 5.80. The van der Waals surface area contributed by atoms with Gasteiger partial charge in [-0.25, -0.2) is 4.79 Å². The van der Waals surface area contributed by atoms with Crippen molar-refractivity contribution < 1.29 is 14.7 Å². The molecule has 0 radical (unpaired) electrons. The molecule has 1 amide bonds. The molecule has 114 valence electrons. The minimum Gasteiger partial charge on any atom is -0.480 e. The van der Waals surface area contributed by atoms with E-state index in [0.717, 1.165) is 10.5 Å². The summed E-state index contributed by atoms with van der Waals surface area (Å²) in [5, 5.41) is 11.8. The fourth-order valence-corrected chi connectivity index (χ4v) is 2.68. The average molecular weight is 315 g/mol. The molecule has 2 aromatic carbocycles. The Balaban J connectivity index is 1.88. The van der Waals surface area contributed by atoms with Crippen molar-refractivity contribution in [1.29, 1.82) is 0 Å². The first-order valence-electron chi connectivity index (χ1n) is 6.89. The Morgan fingerprint density at radius 3 is 2.18 bits per heavy atom. The highest BCUT2D eigenvalue weighted by molar-refractivity contribution is 8.00. The Hall–Kier alpha value is -2.27. The van der Waals surface area contributed by atoms with Gasteiger partial charge in [0.2, 0.25) is 5.91 Å². The molecule has 0 heterocycles. The van der Waals surface area contributed by atoms with Crippen molar-refractivity contribution in [3.63, 3.8) is 0 Å². The van der Waals surface area contributed by atoms with Crippen molar-refractivity contribution in [3.05, 3.63) is 66.2 Å². The molecule has 2 aromatic rings. The van der Waals surface area contributed by atoms with Crippen LogP contribution in [0, 0.1) is 0 Å². The lowest BCUT2D eigenvalue weighted by atomic mass is 10.1. The molecule has 2 N–H and O–H groups in total. The lowest BCUT2D eigenvalue weighted by Crippen LogP contribution is -2.43. The largest absolute Gasteiger partial charge is 0.480 e. The van der Waals surface area contributed by atoms with Crippen LogP contribution in [0.15, 0.2) is 65.6 Å². The first-order chi connectivity index (χ1) is 10.6. The molecule has 0 fully saturated rings. The summed E-state index contributed by atoms with van der Waals surface area (Å²) in [7, 11) is 0. The molecule has 4 nitrogen and oxygen atoms in total. The second kappa shape index (κ2) is 8.24. The van der Waals surface area contributed by atoms with Gasteiger partial charge in [0.1, 0.15) is 6.04 Å². The maximum absolute atomic E-state index is 11.9. The van der Waals surface area contributed by atoms with E-state index < -0.39 is 12.0 Å². The molecule has 5 heteroatoms. The first-order valence-corrected chi connectivity index (χ1v) is 7.87. The Morgan fingerprint density at radius 2 is 1.59 bits per heavy atom. The van der Waals surface area contributed by atoms with E-state index in [1.807, 2.05) is 60.7 Å². The van der Waals surface area contributed by atoms with E-state index in [9.17, 15) is 14.7 Å². The summed E-state index contributed by atoms with van der Waals surface area (Å²) in [5.41, 5.74) is 0.880. The number of aliphatic carboxylic acids is 1. The molecular formula is C17H17NO3S. The van der Waals surface area contributed by atoms with Crippen molar-refractivity contribution >= 4 is 23.6 Å². The fourth-order valence-electron chi connectivity index (χ4n) is 1.95. The van der Waals surface area contributed by atoms with E-state index in [4.69, 9.17) is 0 Å². The van der Waals surface area contributed by atoms with Crippen molar-refractivity contribution in [2.45, 2.75) is 17.4 Å². The van der Waals surface area contributed by atoms with E-state index in [0.29, 0.717) is 0 Å². The maximum atomic E-state index is 11.9. The van der Waals surface area contributed by atoms with E-state index in [1.165, 1.54) is 11.8 Å². The van der Waals surface area contributed by atoms with Gasteiger partial charge in [-0.15, -0.1) is 11.8 Å². The van der Waals surface area contributed by atoms with Gasteiger partial charge in [-0.1, -0.05) is 48.5 Å². The highest BCUT2D eigenvalue weighted by Gasteiger charge is 2.20. The van der Waals surface area contributed by atoms with Gasteiger partial charge in [0.25, 0.3) is 0 Å². The summed E-state index contributed by atoms with van der Waals surface area (Å²) in [6.07, 6.45) is 0.276. The number of carbonyl (C=O) groups is 2. The smallest absolute Gasteiger partial charge is 0.326 e. The molecule has 0 bridgehead atoms. The monoisotopic (exact) mass is 315 g/mol. The second-order valence-electron chi connectivity index (χ2n) is 4.75. The predicted octanol–water partition coefficient (Wildman–Crippen LogP) is 2.59. The van der Waals surface area contributed by atoms with Crippen LogP contribution in [-0.4, -0.2) is 28.8 Å². The summed E-state index contributed by atoms with van der Waals surface area (Å²) >= 11 is 1.38. The quantitative estimate of drug-likeness (QED) is 0.771. The topological polar surface area (TPSA) is 66.4 Å². The molecule has 0 aromatic heterocycles. The minimum atomic E-state index is -1.03. The van der Waals surface area contributed by atoms with Crippen LogP contribution in [-0.2, 0) is 16.0 Å². The number of rotatable bonds is 7. The number of hydrogen-bond acceptors (Lipinski definition) is 3. The molecular weight excluding hydrogens is 298 g/mol. The Morgan fingerprint density at radius 1 is 1.00 bits per heavy atom. The Labute approximate surface area is 133 Å². The van der Waals surface area contributed by atoms with Crippen LogP contribution in [0.2, 0.25) is 0 Å². The molecule has 1 atom stereocenters. The summed E-state index contributed by atoms with van der Waals surface area (Å²) < 4.78 is 0. The van der Waals surface area contributed by atoms with Crippen LogP contribution in [0.1, 0.15) is 5.56 Å². The Bertz CT molecular complexity index is 616. The zero-order valence-corrected chi connectivity index (χ0v) is 12.8. The summed E-state index contributed by atoms with van der Waals surface area (Å²) in [4.78, 5) is 24.2. The molecule has 0 saturated carbocycles. The van der Waals surface area contributed by atoms with Crippen LogP contribution in [0.3, 0.4) is 0 Å². The van der Waals surface area contributed by atoms with Crippen LogP contribution >= 0.6 is 11.8 Å². The highest BCUT2D eigenvalue weighted by atomic mass is 32.2. The molecule has 1 unspecified atom stereocenters. The van der Waals surface area contributed by atoms with Gasteiger partial charge in [0, 0.05) is 11.3 Å². The van der Waals surface area contributed by atoms with Crippen molar-refractivity contribution in [3.8, 4) is 0 Å². The van der Waals surface area contributed by atoms with Crippen LogP contribution in [0.25, 0.3) is 0 Å². The minimum absolute atomic E-state index is 0.197. The van der Waals surface area contributed by atoms with Crippen molar-refractivity contribution in [2.75, 3.05) is 5.75 Å². The number of hydrogen-bond donors (Lipinski definition) is 2. The summed E-state index contributed by atoms with van der Waals surface area (Å²) in [5.74, 6) is -1.11. The number of thioether (sulfide) groups is 1. The summed E-state index contributed by atoms with van der Waals surface area (Å²) in [6.45, 7) is 0. The van der Waals surface area contributed by atoms with Crippen LogP contribution in [0.4, 0.5) is 0 Å². The molecule has 22 heavy (non-hydrogen) atoms. The molecule has 0 aliphatic rings. The van der Waals surface area contributed by atoms with Gasteiger partial charge in [0.05, 0.1) is 5.75 Å². The highest BCUT2D eigenvalue weighted by Crippen LogP contribution is 2.16. The molecule has 0 saturated heterocycles. The predicted molar refractivity (Wildman–Crippen MR) is 86.9 cm³/mol. The van der Waals surface area contributed by atoms with Gasteiger partial charge < -0.3 is 10.4 Å². The number of carboxylic acid groups (broad SMARTS) is 1. The molecule has 0 spiro atoms. The van der Waals surface area contributed by atoms with Gasteiger partial charge >= 0.3 is 5.97 Å². The van der Waals surface area contributed by atoms with Gasteiger partial charge in [-0.05, 0) is 17.7 Å². The van der Waals surface area contributed by atoms with Gasteiger partial charge in [0.15, 0.2) is 0 Å². The van der Waals surface area contributed by atoms with E-state index >= 15 is 0 Å². The molecule has 2 rings (SSSR count). The lowest BCUT2D eigenvalue weighted by molar-refractivity contribution is -0.141. The standard InChI is InChI=1S/C17H17NO3S/c19-16(12-22-14-9-5-2-6-10-14)18-15(17(20)21)11-13-7-3-1-4-8-13/h1-10,15H,11-12H2,(H,18,19)(H,20,21). The Kier molecular flexibility index (Phi) is 6.03. The van der Waals surface area contributed by atoms with Gasteiger partial charge in [-0.2, -0.15) is 0 Å². The molecule has 0 aliphatic heterocycles. The van der Waals surface area contributed by atoms with Gasteiger partial charge in [-0.3, -0.25) is 4.79 Å². The molecule has 0 aliphatic carbocycles. The summed E-state index contributed by atoms with van der Waals surface area (Å²) in [6, 6.07) is 17.9. The average Bonchev–Trinajstić information content (AvgIpc) is 2.54. The first kappa shape index (κ1) is 16.1. The van der Waals surface area contributed by atoms with Crippen molar-refractivity contribution in [1.82, 2.24) is 5.32 Å². The van der Waals surface area contributed by atoms with Crippen LogP contribution < -0.4 is 5.32 Å². The van der Waals surface area contributed by atoms with Crippen molar-refractivity contribution in [2.24, 2.45) is 0 Å². The number of carboxylic acids is 1. The third-order valence-electron chi connectivity index (χ3n) is 3.03. The zero-order chi connectivity index (χ0) is 15.8. The third kappa shape index (κ3) is 5.26. The number of nitrogens with one attached hydrogen (secondary N) is 1. The SMILES string of the molecule is O=C(CSc1ccccc1)NC(Cc1ccccc1)C(=O)O. The fraction of sp³-hybridized carbons (Fsp3) is 0.176. The van der Waals surface area contributed by atoms with Crippen LogP contribution in [0.5, 0.6) is 0 Å². The maximum Gasteiger partial charge on any atom is 0.326 e. The van der Waals surface area contributed by atoms with E-state index in [1.54, 1.807) is 0 Å². The third-order valence-corrected chi connectivity index (χ3v) is 4.04. The van der Waals surface area contributed by atoms with E-state index in [2.05, 4.69) is 5.32 Å². The zero-order valence-electron chi connectivity index (χ0n) is 11.9.